The first-order valence-electron chi connectivity index (χ1n) is 12.5. The van der Waals surface area contributed by atoms with Crippen LogP contribution < -0.4 is 10.5 Å². The highest BCUT2D eigenvalue weighted by atomic mass is 32.2. The van der Waals surface area contributed by atoms with E-state index in [9.17, 15) is 9.59 Å². The Kier molecular flexibility index (Phi) is 8.09. The van der Waals surface area contributed by atoms with Gasteiger partial charge in [-0.25, -0.2) is 4.98 Å². The number of pyridine rings is 1. The second-order valence-corrected chi connectivity index (χ2v) is 11.0. The molecule has 8 heteroatoms. The van der Waals surface area contributed by atoms with Crippen molar-refractivity contribution in [3.8, 4) is 0 Å². The zero-order valence-electron chi connectivity index (χ0n) is 20.4. The van der Waals surface area contributed by atoms with Gasteiger partial charge in [-0.2, -0.15) is 0 Å². The maximum absolute atomic E-state index is 13.6. The Bertz CT molecular complexity index is 1170. The van der Waals surface area contributed by atoms with E-state index in [4.69, 9.17) is 17.2 Å². The molecule has 2 aliphatic heterocycles. The molecule has 1 amide bonds. The van der Waals surface area contributed by atoms with Gasteiger partial charge >= 0.3 is 0 Å². The summed E-state index contributed by atoms with van der Waals surface area (Å²) in [5.74, 6) is 1.02. The minimum absolute atomic E-state index is 0.0942. The van der Waals surface area contributed by atoms with Gasteiger partial charge in [0.1, 0.15) is 15.8 Å². The summed E-state index contributed by atoms with van der Waals surface area (Å²) in [7, 11) is 0. The van der Waals surface area contributed by atoms with Crippen molar-refractivity contribution in [3.05, 3.63) is 44.7 Å². The van der Waals surface area contributed by atoms with Crippen LogP contribution in [0.5, 0.6) is 0 Å². The molecule has 1 unspecified atom stereocenters. The third-order valence-electron chi connectivity index (χ3n) is 6.85. The molecule has 0 radical (unpaired) electrons. The maximum atomic E-state index is 13.6. The minimum atomic E-state index is -0.145. The second kappa shape index (κ2) is 11.0. The monoisotopic (exact) mass is 498 g/mol. The molecule has 0 aliphatic carbocycles. The Morgan fingerprint density at radius 3 is 2.68 bits per heavy atom. The quantitative estimate of drug-likeness (QED) is 0.358. The van der Waals surface area contributed by atoms with E-state index in [2.05, 4.69) is 18.7 Å². The highest BCUT2D eigenvalue weighted by molar-refractivity contribution is 8.26. The number of thioether (sulfide) groups is 1. The average molecular weight is 499 g/mol. The van der Waals surface area contributed by atoms with Crippen LogP contribution in [0, 0.1) is 12.8 Å². The molecule has 2 aromatic heterocycles. The van der Waals surface area contributed by atoms with E-state index in [1.807, 2.05) is 19.1 Å². The van der Waals surface area contributed by atoms with Crippen molar-refractivity contribution in [1.29, 1.82) is 0 Å². The van der Waals surface area contributed by atoms with E-state index >= 15 is 0 Å². The van der Waals surface area contributed by atoms with Gasteiger partial charge < -0.3 is 4.90 Å². The topological polar surface area (TPSA) is 57.9 Å². The van der Waals surface area contributed by atoms with Crippen molar-refractivity contribution in [1.82, 2.24) is 14.3 Å². The molecule has 4 heterocycles. The Hall–Kier alpha value is -2.19. The number of anilines is 1. The number of carbonyl (C=O) groups excluding carboxylic acids is 1. The molecule has 182 valence electrons. The van der Waals surface area contributed by atoms with Crippen molar-refractivity contribution in [2.24, 2.45) is 5.92 Å². The number of piperidine rings is 1. The van der Waals surface area contributed by atoms with E-state index < -0.39 is 0 Å². The molecule has 1 atom stereocenters. The van der Waals surface area contributed by atoms with E-state index in [0.717, 1.165) is 57.2 Å². The summed E-state index contributed by atoms with van der Waals surface area (Å²) in [6, 6.07) is 3.83. The Balaban J connectivity index is 1.73. The third kappa shape index (κ3) is 5.08. The number of fused-ring (bicyclic) bond motifs is 1. The lowest BCUT2D eigenvalue weighted by Gasteiger charge is -2.29. The van der Waals surface area contributed by atoms with Gasteiger partial charge in [-0.1, -0.05) is 63.2 Å². The first-order chi connectivity index (χ1) is 16.4. The van der Waals surface area contributed by atoms with Crippen molar-refractivity contribution in [2.45, 2.75) is 65.7 Å². The van der Waals surface area contributed by atoms with Gasteiger partial charge in [0, 0.05) is 25.8 Å². The molecule has 2 aliphatic rings. The number of rotatable bonds is 8. The van der Waals surface area contributed by atoms with Gasteiger partial charge in [0.15, 0.2) is 0 Å². The number of hydrogen-bond acceptors (Lipinski definition) is 6. The number of hydrogen-bond donors (Lipinski definition) is 0. The summed E-state index contributed by atoms with van der Waals surface area (Å²) in [5, 5.41) is 0. The molecule has 34 heavy (non-hydrogen) atoms. The summed E-state index contributed by atoms with van der Waals surface area (Å²) < 4.78 is 2.17. The van der Waals surface area contributed by atoms with Crippen molar-refractivity contribution in [2.75, 3.05) is 24.5 Å². The average Bonchev–Trinajstić information content (AvgIpc) is 3.11. The Morgan fingerprint density at radius 2 is 1.97 bits per heavy atom. The van der Waals surface area contributed by atoms with E-state index in [-0.39, 0.29) is 11.5 Å². The highest BCUT2D eigenvalue weighted by Gasteiger charge is 2.34. The fourth-order valence-corrected chi connectivity index (χ4v) is 5.99. The van der Waals surface area contributed by atoms with Crippen LogP contribution in [0.25, 0.3) is 11.7 Å². The van der Waals surface area contributed by atoms with Crippen LogP contribution in [0.4, 0.5) is 5.82 Å². The first kappa shape index (κ1) is 24.9. The summed E-state index contributed by atoms with van der Waals surface area (Å²) >= 11 is 6.89. The lowest BCUT2D eigenvalue weighted by atomic mass is 9.99. The molecule has 2 saturated heterocycles. The zero-order valence-corrected chi connectivity index (χ0v) is 22.0. The molecular weight excluding hydrogens is 464 g/mol. The van der Waals surface area contributed by atoms with Crippen LogP contribution in [0.1, 0.15) is 69.9 Å². The van der Waals surface area contributed by atoms with E-state index in [1.165, 1.54) is 18.2 Å². The summed E-state index contributed by atoms with van der Waals surface area (Å²) in [5.41, 5.74) is 1.95. The van der Waals surface area contributed by atoms with Crippen LogP contribution in [0.15, 0.2) is 28.0 Å². The third-order valence-corrected chi connectivity index (χ3v) is 8.23. The van der Waals surface area contributed by atoms with Crippen LogP contribution in [-0.2, 0) is 4.79 Å². The lowest BCUT2D eigenvalue weighted by molar-refractivity contribution is -0.122. The van der Waals surface area contributed by atoms with Crippen molar-refractivity contribution in [3.63, 3.8) is 0 Å². The number of amides is 1. The number of aryl methyl sites for hydroxylation is 1. The summed E-state index contributed by atoms with van der Waals surface area (Å²) in [4.78, 5) is 36.4. The molecule has 2 fully saturated rings. The summed E-state index contributed by atoms with van der Waals surface area (Å²) in [6.07, 6.45) is 11.2. The van der Waals surface area contributed by atoms with Crippen LogP contribution in [0.3, 0.4) is 0 Å². The second-order valence-electron chi connectivity index (χ2n) is 9.30. The SMILES string of the molecule is CCCCC(CC)CN1C(=O)/C(=C\c2c(N3CCCCC3)nc3c(C)cccn3c2=O)SC1=S. The largest absolute Gasteiger partial charge is 0.356 e. The van der Waals surface area contributed by atoms with Crippen LogP contribution >= 0.6 is 24.0 Å². The van der Waals surface area contributed by atoms with E-state index in [1.54, 1.807) is 21.6 Å². The lowest BCUT2D eigenvalue weighted by Crippen LogP contribution is -2.34. The smallest absolute Gasteiger partial charge is 0.267 e. The van der Waals surface area contributed by atoms with Crippen molar-refractivity contribution < 1.29 is 4.79 Å². The summed E-state index contributed by atoms with van der Waals surface area (Å²) in [6.45, 7) is 8.70. The molecule has 0 bridgehead atoms. The van der Waals surface area contributed by atoms with Gasteiger partial charge in [-0.05, 0) is 56.2 Å². The fraction of sp³-hybridized carbons (Fsp3) is 0.538. The molecular formula is C26H34N4O2S2. The van der Waals surface area contributed by atoms with Gasteiger partial charge in [-0.3, -0.25) is 18.9 Å². The normalized spacial score (nSPS) is 19.0. The standard InChI is InChI=1S/C26H34N4O2S2/c1-4-6-12-19(5-2)17-30-25(32)21(34-26(30)33)16-20-23(28-13-8-7-9-14-28)27-22-18(3)11-10-15-29(22)24(20)31/h10-11,15-16,19H,4-9,12-14,17H2,1-3H3/b21-16+. The molecule has 4 rings (SSSR count). The maximum Gasteiger partial charge on any atom is 0.267 e. The molecule has 0 saturated carbocycles. The van der Waals surface area contributed by atoms with Crippen LogP contribution in [-0.4, -0.2) is 44.1 Å². The minimum Gasteiger partial charge on any atom is -0.356 e. The zero-order chi connectivity index (χ0) is 24.2. The number of thiocarbonyl (C=S) groups is 1. The number of carbonyl (C=O) groups is 1. The van der Waals surface area contributed by atoms with E-state index in [0.29, 0.717) is 38.7 Å². The number of unbranched alkanes of at least 4 members (excludes halogenated alkanes) is 1. The predicted octanol–water partition coefficient (Wildman–Crippen LogP) is 5.41. The predicted molar refractivity (Wildman–Crippen MR) is 145 cm³/mol. The highest BCUT2D eigenvalue weighted by Crippen LogP contribution is 2.35. The molecule has 2 aromatic rings. The molecule has 0 spiro atoms. The van der Waals surface area contributed by atoms with Gasteiger partial charge in [0.2, 0.25) is 0 Å². The van der Waals surface area contributed by atoms with Crippen LogP contribution in [0.2, 0.25) is 0 Å². The number of aromatic nitrogens is 2. The van der Waals surface area contributed by atoms with Gasteiger partial charge in [-0.15, -0.1) is 0 Å². The Morgan fingerprint density at radius 1 is 1.21 bits per heavy atom. The molecule has 0 aromatic carbocycles. The fourth-order valence-electron chi connectivity index (χ4n) is 4.74. The Labute approximate surface area is 211 Å². The van der Waals surface area contributed by atoms with Gasteiger partial charge in [0.25, 0.3) is 11.5 Å². The molecule has 0 N–H and O–H groups in total. The molecule has 6 nitrogen and oxygen atoms in total. The van der Waals surface area contributed by atoms with Gasteiger partial charge in [0.05, 0.1) is 10.5 Å². The van der Waals surface area contributed by atoms with Crippen molar-refractivity contribution >= 4 is 51.7 Å². The number of nitrogens with zero attached hydrogens (tertiary/aromatic N) is 4. The first-order valence-corrected chi connectivity index (χ1v) is 13.7.